The lowest BCUT2D eigenvalue weighted by Gasteiger charge is -2.37. The molecular formula is C20H20FN3O2. The van der Waals surface area contributed by atoms with Gasteiger partial charge in [0.1, 0.15) is 11.4 Å². The van der Waals surface area contributed by atoms with Crippen LogP contribution in [0.4, 0.5) is 14.9 Å². The molecule has 0 unspecified atom stereocenters. The number of carbonyl (C=O) groups is 1. The Kier molecular flexibility index (Phi) is 4.32. The van der Waals surface area contributed by atoms with Crippen molar-refractivity contribution in [3.8, 4) is 0 Å². The van der Waals surface area contributed by atoms with E-state index in [-0.39, 0.29) is 17.4 Å². The predicted molar refractivity (Wildman–Crippen MR) is 97.6 cm³/mol. The molecule has 6 heteroatoms. The van der Waals surface area contributed by atoms with Crippen LogP contribution in [-0.2, 0) is 4.84 Å². The summed E-state index contributed by atoms with van der Waals surface area (Å²) >= 11 is 0. The van der Waals surface area contributed by atoms with E-state index in [9.17, 15) is 9.18 Å². The average Bonchev–Trinajstić information content (AvgIpc) is 3.07. The summed E-state index contributed by atoms with van der Waals surface area (Å²) in [5.41, 5.74) is 2.18. The quantitative estimate of drug-likeness (QED) is 0.887. The number of anilines is 1. The number of likely N-dealkylation sites (tertiary alicyclic amines) is 1. The van der Waals surface area contributed by atoms with Crippen LogP contribution >= 0.6 is 0 Å². The first-order valence-corrected chi connectivity index (χ1v) is 8.76. The lowest BCUT2D eigenvalue weighted by atomic mass is 9.85. The minimum atomic E-state index is -0.370. The standard InChI is InChI=1S/C20H20FN3O2/c21-16-7-4-8-17(13-16)22-19(25)24-11-9-20(10-12-24)14-18(23-26-20)15-5-2-1-3-6-15/h1-8,13H,9-12,14H2,(H,22,25). The van der Waals surface area contributed by atoms with Crippen LogP contribution in [-0.4, -0.2) is 35.3 Å². The normalized spacial score (nSPS) is 18.3. The maximum atomic E-state index is 13.2. The van der Waals surface area contributed by atoms with Gasteiger partial charge < -0.3 is 15.1 Å². The summed E-state index contributed by atoms with van der Waals surface area (Å²) in [5.74, 6) is -0.370. The Morgan fingerprint density at radius 1 is 1.12 bits per heavy atom. The monoisotopic (exact) mass is 353 g/mol. The van der Waals surface area contributed by atoms with Gasteiger partial charge in [-0.25, -0.2) is 9.18 Å². The molecule has 2 aromatic rings. The number of hydrogen-bond acceptors (Lipinski definition) is 3. The number of benzene rings is 2. The third-order valence-electron chi connectivity index (χ3n) is 4.98. The molecule has 26 heavy (non-hydrogen) atoms. The minimum absolute atomic E-state index is 0.215. The van der Waals surface area contributed by atoms with Gasteiger partial charge in [0.2, 0.25) is 0 Å². The van der Waals surface area contributed by atoms with Crippen molar-refractivity contribution < 1.29 is 14.0 Å². The molecule has 4 rings (SSSR count). The second kappa shape index (κ2) is 6.78. The van der Waals surface area contributed by atoms with E-state index in [1.807, 2.05) is 30.3 Å². The highest BCUT2D eigenvalue weighted by molar-refractivity contribution is 6.01. The van der Waals surface area contributed by atoms with E-state index in [1.54, 1.807) is 17.0 Å². The van der Waals surface area contributed by atoms with E-state index < -0.39 is 0 Å². The van der Waals surface area contributed by atoms with Crippen LogP contribution in [0.2, 0.25) is 0 Å². The molecule has 2 aliphatic heterocycles. The molecule has 0 saturated carbocycles. The predicted octanol–water partition coefficient (Wildman–Crippen LogP) is 4.02. The number of carbonyl (C=O) groups excluding carboxylic acids is 1. The molecule has 2 heterocycles. The van der Waals surface area contributed by atoms with Crippen molar-refractivity contribution >= 4 is 17.4 Å². The summed E-state index contributed by atoms with van der Waals surface area (Å²) in [6.07, 6.45) is 2.21. The Bertz CT molecular complexity index is 830. The molecule has 1 N–H and O–H groups in total. The molecule has 1 fully saturated rings. The third-order valence-corrected chi connectivity index (χ3v) is 4.98. The van der Waals surface area contributed by atoms with Gasteiger partial charge in [0.15, 0.2) is 0 Å². The Hall–Kier alpha value is -2.89. The van der Waals surface area contributed by atoms with Crippen molar-refractivity contribution in [2.75, 3.05) is 18.4 Å². The number of amides is 2. The van der Waals surface area contributed by atoms with Gasteiger partial charge in [0.05, 0.1) is 5.71 Å². The van der Waals surface area contributed by atoms with Crippen LogP contribution in [0.3, 0.4) is 0 Å². The van der Waals surface area contributed by atoms with E-state index in [0.717, 1.165) is 30.5 Å². The number of nitrogens with zero attached hydrogens (tertiary/aromatic N) is 2. The number of oxime groups is 1. The number of halogens is 1. The third kappa shape index (κ3) is 3.40. The summed E-state index contributed by atoms with van der Waals surface area (Å²) in [6, 6.07) is 15.7. The van der Waals surface area contributed by atoms with Gasteiger partial charge in [-0.15, -0.1) is 0 Å². The maximum Gasteiger partial charge on any atom is 0.321 e. The molecule has 134 valence electrons. The van der Waals surface area contributed by atoms with Gasteiger partial charge in [-0.05, 0) is 23.8 Å². The summed E-state index contributed by atoms with van der Waals surface area (Å²) < 4.78 is 13.2. The van der Waals surface area contributed by atoms with Gasteiger partial charge in [0, 0.05) is 38.0 Å². The van der Waals surface area contributed by atoms with Gasteiger partial charge in [0.25, 0.3) is 0 Å². The number of nitrogens with one attached hydrogen (secondary N) is 1. The van der Waals surface area contributed by atoms with E-state index in [1.165, 1.54) is 12.1 Å². The first-order chi connectivity index (χ1) is 12.6. The van der Waals surface area contributed by atoms with Crippen LogP contribution in [0.5, 0.6) is 0 Å². The smallest absolute Gasteiger partial charge is 0.321 e. The fourth-order valence-corrected chi connectivity index (χ4v) is 3.46. The average molecular weight is 353 g/mol. The van der Waals surface area contributed by atoms with Crippen LogP contribution < -0.4 is 5.32 Å². The van der Waals surface area contributed by atoms with Gasteiger partial charge in [-0.3, -0.25) is 0 Å². The topological polar surface area (TPSA) is 53.9 Å². The number of piperidine rings is 1. The molecule has 0 atom stereocenters. The summed E-state index contributed by atoms with van der Waals surface area (Å²) in [7, 11) is 0. The number of urea groups is 1. The lowest BCUT2D eigenvalue weighted by Crippen LogP contribution is -2.48. The lowest BCUT2D eigenvalue weighted by molar-refractivity contribution is -0.0544. The Labute approximate surface area is 151 Å². The van der Waals surface area contributed by atoms with Crippen LogP contribution in [0, 0.1) is 5.82 Å². The first-order valence-electron chi connectivity index (χ1n) is 8.76. The summed E-state index contributed by atoms with van der Waals surface area (Å²) in [4.78, 5) is 19.9. The number of hydrogen-bond donors (Lipinski definition) is 1. The van der Waals surface area contributed by atoms with E-state index in [4.69, 9.17) is 4.84 Å². The summed E-state index contributed by atoms with van der Waals surface area (Å²) in [5, 5.41) is 7.03. The van der Waals surface area contributed by atoms with E-state index in [0.29, 0.717) is 18.8 Å². The van der Waals surface area contributed by atoms with E-state index >= 15 is 0 Å². The Balaban J connectivity index is 1.34. The second-order valence-electron chi connectivity index (χ2n) is 6.78. The molecule has 2 amide bonds. The molecule has 2 aliphatic rings. The van der Waals surface area contributed by atoms with Gasteiger partial charge in [-0.1, -0.05) is 41.6 Å². The van der Waals surface area contributed by atoms with Crippen molar-refractivity contribution in [3.63, 3.8) is 0 Å². The SMILES string of the molecule is O=C(Nc1cccc(F)c1)N1CCC2(CC1)CC(c1ccccc1)=NO2. The number of rotatable bonds is 2. The maximum absolute atomic E-state index is 13.2. The largest absolute Gasteiger partial charge is 0.388 e. The van der Waals surface area contributed by atoms with Crippen molar-refractivity contribution in [3.05, 3.63) is 66.0 Å². The highest BCUT2D eigenvalue weighted by Gasteiger charge is 2.43. The molecule has 1 spiro atoms. The van der Waals surface area contributed by atoms with Gasteiger partial charge in [-0.2, -0.15) is 0 Å². The van der Waals surface area contributed by atoms with Crippen LogP contribution in [0.25, 0.3) is 0 Å². The van der Waals surface area contributed by atoms with Gasteiger partial charge >= 0.3 is 6.03 Å². The fourth-order valence-electron chi connectivity index (χ4n) is 3.46. The van der Waals surface area contributed by atoms with Crippen molar-refractivity contribution in [1.29, 1.82) is 0 Å². The van der Waals surface area contributed by atoms with E-state index in [2.05, 4.69) is 10.5 Å². The zero-order chi connectivity index (χ0) is 18.0. The highest BCUT2D eigenvalue weighted by atomic mass is 19.1. The Morgan fingerprint density at radius 3 is 2.62 bits per heavy atom. The van der Waals surface area contributed by atoms with Crippen molar-refractivity contribution in [1.82, 2.24) is 4.90 Å². The molecule has 5 nitrogen and oxygen atoms in total. The zero-order valence-electron chi connectivity index (χ0n) is 14.3. The van der Waals surface area contributed by atoms with Crippen molar-refractivity contribution in [2.45, 2.75) is 24.9 Å². The molecule has 0 aromatic heterocycles. The van der Waals surface area contributed by atoms with Crippen LogP contribution in [0.15, 0.2) is 59.8 Å². The van der Waals surface area contributed by atoms with Crippen molar-refractivity contribution in [2.24, 2.45) is 5.16 Å². The fraction of sp³-hybridized carbons (Fsp3) is 0.300. The molecular weight excluding hydrogens is 333 g/mol. The second-order valence-corrected chi connectivity index (χ2v) is 6.78. The highest BCUT2D eigenvalue weighted by Crippen LogP contribution is 2.36. The molecule has 2 aromatic carbocycles. The molecule has 0 radical (unpaired) electrons. The first kappa shape index (κ1) is 16.6. The summed E-state index contributed by atoms with van der Waals surface area (Å²) in [6.45, 7) is 1.16. The van der Waals surface area contributed by atoms with Crippen LogP contribution in [0.1, 0.15) is 24.8 Å². The zero-order valence-corrected chi connectivity index (χ0v) is 14.3. The minimum Gasteiger partial charge on any atom is -0.388 e. The Morgan fingerprint density at radius 2 is 1.88 bits per heavy atom. The molecule has 0 bridgehead atoms. The molecule has 1 saturated heterocycles. The molecule has 0 aliphatic carbocycles.